The van der Waals surface area contributed by atoms with Gasteiger partial charge >= 0.3 is 5.97 Å². The molecule has 0 radical (unpaired) electrons. The Morgan fingerprint density at radius 2 is 1.84 bits per heavy atom. The van der Waals surface area contributed by atoms with Gasteiger partial charge < -0.3 is 14.4 Å². The molecule has 0 saturated carbocycles. The molecule has 2 aliphatic heterocycles. The minimum absolute atomic E-state index is 0.353. The molecule has 2 aliphatic rings. The van der Waals surface area contributed by atoms with E-state index in [1.165, 1.54) is 16.2 Å². The number of ether oxygens (including phenoxy) is 2. The summed E-state index contributed by atoms with van der Waals surface area (Å²) in [5, 5.41) is 1.89. The van der Waals surface area contributed by atoms with E-state index in [4.69, 9.17) is 9.47 Å². The molecular weight excluding hydrogens is 416 g/mol. The summed E-state index contributed by atoms with van der Waals surface area (Å²) < 4.78 is 10.6. The number of benzene rings is 1. The lowest BCUT2D eigenvalue weighted by Gasteiger charge is -2.29. The van der Waals surface area contributed by atoms with Gasteiger partial charge in [-0.3, -0.25) is 9.59 Å². The third-order valence-corrected chi connectivity index (χ3v) is 6.13. The van der Waals surface area contributed by atoms with E-state index in [2.05, 4.69) is 0 Å². The van der Waals surface area contributed by atoms with Gasteiger partial charge in [-0.15, -0.1) is 11.3 Å². The predicted octanol–water partition coefficient (Wildman–Crippen LogP) is 3.32. The minimum Gasteiger partial charge on any atom is -0.462 e. The van der Waals surface area contributed by atoms with Gasteiger partial charge in [0.25, 0.3) is 11.8 Å². The molecular formula is C23H24N2O5S. The molecule has 0 aliphatic carbocycles. The lowest BCUT2D eigenvalue weighted by molar-refractivity contribution is -0.121. The number of hydrogen-bond acceptors (Lipinski definition) is 7. The van der Waals surface area contributed by atoms with E-state index in [9.17, 15) is 14.4 Å². The van der Waals surface area contributed by atoms with Crippen LogP contribution in [-0.4, -0.2) is 55.6 Å². The highest BCUT2D eigenvalue weighted by Crippen LogP contribution is 2.36. The summed E-state index contributed by atoms with van der Waals surface area (Å²) in [6.07, 6.45) is 1.75. The maximum absolute atomic E-state index is 13.4. The molecule has 0 bridgehead atoms. The lowest BCUT2D eigenvalue weighted by Crippen LogP contribution is -2.40. The SMILES string of the molecule is CCCCOC(=O)c1ccc(N2C(=O)C(c3cccs3)=C(N3CCOCC3)C2=O)cc1. The van der Waals surface area contributed by atoms with Crippen molar-refractivity contribution >= 4 is 40.4 Å². The van der Waals surface area contributed by atoms with Crippen LogP contribution in [0.2, 0.25) is 0 Å². The summed E-state index contributed by atoms with van der Waals surface area (Å²) in [7, 11) is 0. The van der Waals surface area contributed by atoms with Gasteiger partial charge in [-0.25, -0.2) is 9.69 Å². The van der Waals surface area contributed by atoms with Crippen LogP contribution in [0.25, 0.3) is 5.57 Å². The second-order valence-electron chi connectivity index (χ2n) is 7.28. The number of carbonyl (C=O) groups is 3. The Morgan fingerprint density at radius 1 is 1.10 bits per heavy atom. The Morgan fingerprint density at radius 3 is 2.48 bits per heavy atom. The summed E-state index contributed by atoms with van der Waals surface area (Å²) >= 11 is 1.43. The highest BCUT2D eigenvalue weighted by molar-refractivity contribution is 7.11. The molecule has 1 saturated heterocycles. The van der Waals surface area contributed by atoms with Crippen molar-refractivity contribution in [2.24, 2.45) is 0 Å². The van der Waals surface area contributed by atoms with Crippen molar-refractivity contribution in [1.29, 1.82) is 0 Å². The molecule has 2 amide bonds. The van der Waals surface area contributed by atoms with Gasteiger partial charge in [0.2, 0.25) is 0 Å². The van der Waals surface area contributed by atoms with E-state index in [-0.39, 0.29) is 11.8 Å². The number of anilines is 1. The number of nitrogens with zero attached hydrogens (tertiary/aromatic N) is 2. The number of hydrogen-bond donors (Lipinski definition) is 0. The van der Waals surface area contributed by atoms with Crippen LogP contribution in [0.15, 0.2) is 47.5 Å². The van der Waals surface area contributed by atoms with Gasteiger partial charge in [0, 0.05) is 18.0 Å². The quantitative estimate of drug-likeness (QED) is 0.374. The first-order valence-corrected chi connectivity index (χ1v) is 11.3. The van der Waals surface area contributed by atoms with Gasteiger partial charge in [0.15, 0.2) is 0 Å². The van der Waals surface area contributed by atoms with Crippen LogP contribution in [0, 0.1) is 0 Å². The fourth-order valence-electron chi connectivity index (χ4n) is 3.62. The molecule has 3 heterocycles. The topological polar surface area (TPSA) is 76.2 Å². The summed E-state index contributed by atoms with van der Waals surface area (Å²) in [5.41, 5.74) is 1.65. The van der Waals surface area contributed by atoms with Crippen molar-refractivity contribution in [2.75, 3.05) is 37.8 Å². The molecule has 31 heavy (non-hydrogen) atoms. The van der Waals surface area contributed by atoms with Gasteiger partial charge in [-0.2, -0.15) is 0 Å². The van der Waals surface area contributed by atoms with Gasteiger partial charge in [-0.1, -0.05) is 19.4 Å². The average Bonchev–Trinajstić information content (AvgIpc) is 3.40. The first-order chi connectivity index (χ1) is 15.1. The largest absolute Gasteiger partial charge is 0.462 e. The van der Waals surface area contributed by atoms with Crippen LogP contribution in [0.5, 0.6) is 0 Å². The summed E-state index contributed by atoms with van der Waals surface area (Å²) in [5.74, 6) is -1.12. The normalized spacial score (nSPS) is 16.9. The molecule has 0 atom stereocenters. The number of imide groups is 1. The van der Waals surface area contributed by atoms with Gasteiger partial charge in [0.1, 0.15) is 5.70 Å². The van der Waals surface area contributed by atoms with Crippen LogP contribution in [-0.2, 0) is 19.1 Å². The maximum atomic E-state index is 13.4. The fraction of sp³-hybridized carbons (Fsp3) is 0.348. The fourth-order valence-corrected chi connectivity index (χ4v) is 4.38. The molecule has 2 aromatic rings. The van der Waals surface area contributed by atoms with E-state index >= 15 is 0 Å². The van der Waals surface area contributed by atoms with Crippen molar-refractivity contribution in [3.63, 3.8) is 0 Å². The molecule has 1 aromatic carbocycles. The molecule has 1 fully saturated rings. The van der Waals surface area contributed by atoms with Crippen LogP contribution >= 0.6 is 11.3 Å². The highest BCUT2D eigenvalue weighted by Gasteiger charge is 2.43. The monoisotopic (exact) mass is 440 g/mol. The molecule has 8 heteroatoms. The third kappa shape index (κ3) is 4.26. The van der Waals surface area contributed by atoms with Gasteiger partial charge in [0.05, 0.1) is 36.6 Å². The average molecular weight is 441 g/mol. The number of unbranched alkanes of at least 4 members (excludes halogenated alkanes) is 1. The van der Waals surface area contributed by atoms with Crippen molar-refractivity contribution in [2.45, 2.75) is 19.8 Å². The number of amides is 2. The predicted molar refractivity (Wildman–Crippen MR) is 118 cm³/mol. The summed E-state index contributed by atoms with van der Waals surface area (Å²) in [6, 6.07) is 10.1. The van der Waals surface area contributed by atoms with E-state index in [0.717, 1.165) is 17.7 Å². The van der Waals surface area contributed by atoms with Crippen LogP contribution in [0.3, 0.4) is 0 Å². The van der Waals surface area contributed by atoms with Crippen molar-refractivity contribution in [1.82, 2.24) is 4.90 Å². The third-order valence-electron chi connectivity index (χ3n) is 5.25. The Balaban J connectivity index is 1.61. The van der Waals surface area contributed by atoms with Crippen LogP contribution < -0.4 is 4.90 Å². The van der Waals surface area contributed by atoms with E-state index in [1.54, 1.807) is 24.3 Å². The van der Waals surface area contributed by atoms with Crippen molar-refractivity contribution < 1.29 is 23.9 Å². The second-order valence-corrected chi connectivity index (χ2v) is 8.23. The molecule has 7 nitrogen and oxygen atoms in total. The Bertz CT molecular complexity index is 991. The summed E-state index contributed by atoms with van der Waals surface area (Å²) in [4.78, 5) is 42.8. The molecule has 4 rings (SSSR count). The maximum Gasteiger partial charge on any atom is 0.338 e. The van der Waals surface area contributed by atoms with Crippen molar-refractivity contribution in [3.8, 4) is 0 Å². The Hall–Kier alpha value is -2.97. The molecule has 0 unspecified atom stereocenters. The molecule has 1 aromatic heterocycles. The smallest absolute Gasteiger partial charge is 0.338 e. The lowest BCUT2D eigenvalue weighted by atomic mass is 10.1. The van der Waals surface area contributed by atoms with E-state index in [1.807, 2.05) is 29.3 Å². The highest BCUT2D eigenvalue weighted by atomic mass is 32.1. The van der Waals surface area contributed by atoms with Gasteiger partial charge in [-0.05, 0) is 42.1 Å². The van der Waals surface area contributed by atoms with Crippen LogP contribution in [0.1, 0.15) is 35.0 Å². The molecule has 162 valence electrons. The number of morpholine rings is 1. The summed E-state index contributed by atoms with van der Waals surface area (Å²) in [6.45, 7) is 4.53. The van der Waals surface area contributed by atoms with E-state index < -0.39 is 5.97 Å². The molecule has 0 spiro atoms. The zero-order valence-corrected chi connectivity index (χ0v) is 18.2. The Kier molecular flexibility index (Phi) is 6.48. The number of thiophene rings is 1. The zero-order valence-electron chi connectivity index (χ0n) is 17.3. The van der Waals surface area contributed by atoms with E-state index in [0.29, 0.717) is 55.4 Å². The second kappa shape index (κ2) is 9.45. The zero-order chi connectivity index (χ0) is 21.8. The first kappa shape index (κ1) is 21.3. The Labute approximate surface area is 184 Å². The number of esters is 1. The van der Waals surface area contributed by atoms with Crippen molar-refractivity contribution in [3.05, 3.63) is 57.9 Å². The van der Waals surface area contributed by atoms with Crippen LogP contribution in [0.4, 0.5) is 5.69 Å². The minimum atomic E-state index is -0.412. The molecule has 0 N–H and O–H groups in total. The number of rotatable bonds is 7. The number of carbonyl (C=O) groups excluding carboxylic acids is 3. The standard InChI is InChI=1S/C23H24N2O5S/c1-2-3-12-30-23(28)16-6-8-17(9-7-16)25-21(26)19(18-5-4-15-31-18)20(22(25)27)24-10-13-29-14-11-24/h4-9,15H,2-3,10-14H2,1H3. The first-order valence-electron chi connectivity index (χ1n) is 10.4.